The van der Waals surface area contributed by atoms with Crippen molar-refractivity contribution >= 4 is 29.4 Å². The number of hydrogen-bond acceptors (Lipinski definition) is 8. The zero-order valence-electron chi connectivity index (χ0n) is 17.8. The van der Waals surface area contributed by atoms with Gasteiger partial charge in [-0.3, -0.25) is 9.80 Å². The summed E-state index contributed by atoms with van der Waals surface area (Å²) in [7, 11) is 1.77. The second kappa shape index (κ2) is 8.39. The minimum Gasteiger partial charge on any atom is -0.378 e. The van der Waals surface area contributed by atoms with Crippen LogP contribution in [0.5, 0.6) is 0 Å². The summed E-state index contributed by atoms with van der Waals surface area (Å²) in [6, 6.07) is 9.43. The Morgan fingerprint density at radius 3 is 2.50 bits per heavy atom. The van der Waals surface area contributed by atoms with E-state index in [0.717, 1.165) is 22.5 Å². The number of benzene rings is 1. The minimum atomic E-state index is -0.138. The normalized spacial score (nSPS) is 15.5. The molecule has 1 aromatic carbocycles. The third-order valence-corrected chi connectivity index (χ3v) is 5.72. The monoisotopic (exact) mass is 432 g/mol. The molecule has 0 spiro atoms. The molecule has 32 heavy (non-hydrogen) atoms. The molecule has 164 valence electrons. The van der Waals surface area contributed by atoms with E-state index in [-0.39, 0.29) is 12.0 Å². The molecule has 2 aliphatic rings. The first kappa shape index (κ1) is 20.1. The average molecular weight is 432 g/mol. The quantitative estimate of drug-likeness (QED) is 0.668. The van der Waals surface area contributed by atoms with Gasteiger partial charge in [0.05, 0.1) is 18.9 Å². The first-order chi connectivity index (χ1) is 15.6. The number of hydrogen-bond donors (Lipinski definition) is 1. The number of amides is 2. The summed E-state index contributed by atoms with van der Waals surface area (Å²) in [5, 5.41) is 0. The molecule has 0 atom stereocenters. The molecule has 2 N–H and O–H groups in total. The highest BCUT2D eigenvalue weighted by molar-refractivity contribution is 6.04. The zero-order valence-corrected chi connectivity index (χ0v) is 17.8. The molecule has 2 amide bonds. The van der Waals surface area contributed by atoms with Gasteiger partial charge in [0.25, 0.3) is 0 Å². The smallest absolute Gasteiger partial charge is 0.329 e. The summed E-state index contributed by atoms with van der Waals surface area (Å²) in [5.74, 6) is 1.40. The third kappa shape index (κ3) is 3.69. The lowest BCUT2D eigenvalue weighted by Crippen LogP contribution is -2.41. The number of para-hydroxylation sites is 1. The van der Waals surface area contributed by atoms with Crippen LogP contribution in [0.2, 0.25) is 0 Å². The first-order valence-electron chi connectivity index (χ1n) is 10.5. The summed E-state index contributed by atoms with van der Waals surface area (Å²) in [6.07, 6.45) is 3.97. The van der Waals surface area contributed by atoms with E-state index in [4.69, 9.17) is 20.4 Å². The van der Waals surface area contributed by atoms with Crippen LogP contribution in [0, 0.1) is 0 Å². The fraction of sp³-hybridized carbons (Fsp3) is 0.318. The highest BCUT2D eigenvalue weighted by Gasteiger charge is 2.33. The van der Waals surface area contributed by atoms with Gasteiger partial charge in [-0.25, -0.2) is 19.7 Å². The Kier molecular flexibility index (Phi) is 5.28. The van der Waals surface area contributed by atoms with Gasteiger partial charge in [0.1, 0.15) is 5.82 Å². The SMILES string of the molecule is CN(C(=O)N1CCc2c(-c3cnc(N)nc3)nc(N3CCOCC3)nc21)c1ccccc1. The molecule has 1 saturated heterocycles. The number of nitrogen functional groups attached to an aromatic ring is 1. The molecule has 4 heterocycles. The van der Waals surface area contributed by atoms with Crippen molar-refractivity contribution in [2.75, 3.05) is 60.3 Å². The maximum Gasteiger partial charge on any atom is 0.329 e. The maximum atomic E-state index is 13.4. The van der Waals surface area contributed by atoms with Gasteiger partial charge in [0.2, 0.25) is 11.9 Å². The van der Waals surface area contributed by atoms with Crippen molar-refractivity contribution in [1.29, 1.82) is 0 Å². The molecule has 5 rings (SSSR count). The van der Waals surface area contributed by atoms with E-state index < -0.39 is 0 Å². The van der Waals surface area contributed by atoms with Gasteiger partial charge in [-0.05, 0) is 18.6 Å². The van der Waals surface area contributed by atoms with Gasteiger partial charge in [-0.15, -0.1) is 0 Å². The molecule has 2 aromatic heterocycles. The van der Waals surface area contributed by atoms with Crippen molar-refractivity contribution < 1.29 is 9.53 Å². The standard InChI is InChI=1S/C22H24N8O2/c1-28(16-5-3-2-4-6-16)22(31)30-8-7-17-18(15-13-24-20(23)25-14-15)26-21(27-19(17)30)29-9-11-32-12-10-29/h2-6,13-14H,7-12H2,1H3,(H2,23,24,25). The Hall–Kier alpha value is -3.79. The fourth-order valence-electron chi connectivity index (χ4n) is 3.98. The molecule has 0 saturated carbocycles. The van der Waals surface area contributed by atoms with Crippen molar-refractivity contribution in [3.63, 3.8) is 0 Å². The molecule has 1 fully saturated rings. The number of aromatic nitrogens is 4. The van der Waals surface area contributed by atoms with Crippen LogP contribution in [0.3, 0.4) is 0 Å². The number of anilines is 4. The van der Waals surface area contributed by atoms with E-state index in [1.807, 2.05) is 30.3 Å². The van der Waals surface area contributed by atoms with Crippen LogP contribution in [0.15, 0.2) is 42.7 Å². The topological polar surface area (TPSA) is 114 Å². The van der Waals surface area contributed by atoms with Crippen LogP contribution in [-0.2, 0) is 11.2 Å². The van der Waals surface area contributed by atoms with E-state index in [1.165, 1.54) is 0 Å². The van der Waals surface area contributed by atoms with Crippen molar-refractivity contribution in [2.45, 2.75) is 6.42 Å². The Morgan fingerprint density at radius 2 is 1.78 bits per heavy atom. The van der Waals surface area contributed by atoms with Gasteiger partial charge >= 0.3 is 6.03 Å². The lowest BCUT2D eigenvalue weighted by atomic mass is 10.1. The Bertz CT molecular complexity index is 1120. The van der Waals surface area contributed by atoms with E-state index in [1.54, 1.807) is 29.2 Å². The highest BCUT2D eigenvalue weighted by Crippen LogP contribution is 2.36. The Morgan fingerprint density at radius 1 is 1.06 bits per heavy atom. The third-order valence-electron chi connectivity index (χ3n) is 5.72. The number of fused-ring (bicyclic) bond motifs is 1. The predicted molar refractivity (Wildman–Crippen MR) is 122 cm³/mol. The summed E-state index contributed by atoms with van der Waals surface area (Å²) < 4.78 is 5.48. The van der Waals surface area contributed by atoms with Gasteiger partial charge in [-0.1, -0.05) is 18.2 Å². The van der Waals surface area contributed by atoms with E-state index in [0.29, 0.717) is 51.0 Å². The number of carbonyl (C=O) groups excluding carboxylic acids is 1. The Labute approximate surface area is 185 Å². The second-order valence-electron chi connectivity index (χ2n) is 7.68. The van der Waals surface area contributed by atoms with Crippen LogP contribution in [-0.4, -0.2) is 65.9 Å². The number of ether oxygens (including phenoxy) is 1. The van der Waals surface area contributed by atoms with Gasteiger partial charge in [0, 0.05) is 55.9 Å². The van der Waals surface area contributed by atoms with E-state index in [2.05, 4.69) is 14.9 Å². The fourth-order valence-corrected chi connectivity index (χ4v) is 3.98. The molecule has 2 aliphatic heterocycles. The van der Waals surface area contributed by atoms with E-state index >= 15 is 0 Å². The number of carbonyl (C=O) groups is 1. The van der Waals surface area contributed by atoms with Crippen LogP contribution < -0.4 is 20.4 Å². The Balaban J connectivity index is 1.56. The van der Waals surface area contributed by atoms with Crippen molar-refractivity contribution in [3.05, 3.63) is 48.3 Å². The van der Waals surface area contributed by atoms with Crippen LogP contribution in [0.4, 0.5) is 28.2 Å². The number of urea groups is 1. The lowest BCUT2D eigenvalue weighted by molar-refractivity contribution is 0.122. The predicted octanol–water partition coefficient (Wildman–Crippen LogP) is 1.97. The number of rotatable bonds is 3. The molecule has 10 heteroatoms. The summed E-state index contributed by atoms with van der Waals surface area (Å²) in [4.78, 5) is 36.8. The van der Waals surface area contributed by atoms with Crippen molar-refractivity contribution in [3.8, 4) is 11.3 Å². The lowest BCUT2D eigenvalue weighted by Gasteiger charge is -2.29. The summed E-state index contributed by atoms with van der Waals surface area (Å²) >= 11 is 0. The molecular formula is C22H24N8O2. The van der Waals surface area contributed by atoms with E-state index in [9.17, 15) is 4.79 Å². The molecule has 0 unspecified atom stereocenters. The van der Waals surface area contributed by atoms with Crippen molar-refractivity contribution in [1.82, 2.24) is 19.9 Å². The molecule has 0 aliphatic carbocycles. The molecular weight excluding hydrogens is 408 g/mol. The molecule has 0 radical (unpaired) electrons. The summed E-state index contributed by atoms with van der Waals surface area (Å²) in [6.45, 7) is 3.12. The zero-order chi connectivity index (χ0) is 22.1. The number of morpholine rings is 1. The highest BCUT2D eigenvalue weighted by atomic mass is 16.5. The van der Waals surface area contributed by atoms with Crippen LogP contribution in [0.25, 0.3) is 11.3 Å². The minimum absolute atomic E-state index is 0.138. The summed E-state index contributed by atoms with van der Waals surface area (Å²) in [5.41, 5.74) is 8.89. The maximum absolute atomic E-state index is 13.4. The van der Waals surface area contributed by atoms with Crippen LogP contribution in [0.1, 0.15) is 5.56 Å². The number of nitrogens with two attached hydrogens (primary N) is 1. The first-order valence-corrected chi connectivity index (χ1v) is 10.5. The van der Waals surface area contributed by atoms with Gasteiger partial charge < -0.3 is 15.4 Å². The van der Waals surface area contributed by atoms with Gasteiger partial charge in [-0.2, -0.15) is 4.98 Å². The number of nitrogens with zero attached hydrogens (tertiary/aromatic N) is 7. The average Bonchev–Trinajstić information content (AvgIpc) is 3.28. The molecule has 3 aromatic rings. The second-order valence-corrected chi connectivity index (χ2v) is 7.68. The van der Waals surface area contributed by atoms with Crippen molar-refractivity contribution in [2.24, 2.45) is 0 Å². The van der Waals surface area contributed by atoms with Gasteiger partial charge in [0.15, 0.2) is 0 Å². The molecule has 10 nitrogen and oxygen atoms in total. The largest absolute Gasteiger partial charge is 0.378 e. The van der Waals surface area contributed by atoms with Crippen LogP contribution >= 0.6 is 0 Å². The molecule has 0 bridgehead atoms.